The Hall–Kier alpha value is -0.570. The van der Waals surface area contributed by atoms with E-state index in [0.29, 0.717) is 5.92 Å². The summed E-state index contributed by atoms with van der Waals surface area (Å²) in [7, 11) is 1.97. The fourth-order valence-corrected chi connectivity index (χ4v) is 2.32. The van der Waals surface area contributed by atoms with Gasteiger partial charge < -0.3 is 0 Å². The first-order valence-corrected chi connectivity index (χ1v) is 6.49. The highest BCUT2D eigenvalue weighted by Crippen LogP contribution is 2.19. The summed E-state index contributed by atoms with van der Waals surface area (Å²) in [4.78, 5) is 0. The number of hydrogen-bond donors (Lipinski definition) is 0. The normalized spacial score (nSPS) is 12.5. The van der Waals surface area contributed by atoms with Crippen molar-refractivity contribution in [2.24, 2.45) is 13.0 Å². The molecule has 0 aliphatic rings. The number of halogens is 1. The molecule has 3 heteroatoms. The smallest absolute Gasteiger partial charge is 0.0694 e. The summed E-state index contributed by atoms with van der Waals surface area (Å²) in [6.07, 6.45) is 5.33. The van der Waals surface area contributed by atoms with Gasteiger partial charge in [0.1, 0.15) is 0 Å². The van der Waals surface area contributed by atoms with Crippen LogP contribution in [0.15, 0.2) is 11.8 Å². The predicted molar refractivity (Wildman–Crippen MR) is 69.2 cm³/mol. The maximum Gasteiger partial charge on any atom is 0.0694 e. The minimum atomic E-state index is 0.578. The molecule has 0 aromatic carbocycles. The van der Waals surface area contributed by atoms with E-state index >= 15 is 0 Å². The van der Waals surface area contributed by atoms with Gasteiger partial charge in [0.15, 0.2) is 0 Å². The van der Waals surface area contributed by atoms with E-state index in [9.17, 15) is 0 Å². The maximum absolute atomic E-state index is 4.43. The average molecular weight is 271 g/mol. The third-order valence-electron chi connectivity index (χ3n) is 2.51. The van der Waals surface area contributed by atoms with Crippen molar-refractivity contribution in [3.05, 3.63) is 23.0 Å². The molecule has 0 unspecified atom stereocenters. The van der Waals surface area contributed by atoms with Crippen LogP contribution in [0.4, 0.5) is 0 Å². The molecule has 0 radical (unpaired) electrons. The van der Waals surface area contributed by atoms with Crippen LogP contribution in [0, 0.1) is 5.92 Å². The second kappa shape index (κ2) is 5.50. The minimum Gasteiger partial charge on any atom is -0.275 e. The molecule has 1 heterocycles. The SMILES string of the molecule is CCc1nn(C)cc1/C=C(/CBr)C(C)C. The van der Waals surface area contributed by atoms with Crippen molar-refractivity contribution in [2.45, 2.75) is 27.2 Å². The van der Waals surface area contributed by atoms with Gasteiger partial charge in [-0.05, 0) is 12.3 Å². The van der Waals surface area contributed by atoms with Crippen molar-refractivity contribution in [1.29, 1.82) is 0 Å². The summed E-state index contributed by atoms with van der Waals surface area (Å²) in [5, 5.41) is 5.37. The van der Waals surface area contributed by atoms with Crippen molar-refractivity contribution >= 4 is 22.0 Å². The lowest BCUT2D eigenvalue weighted by atomic mass is 10.0. The Bertz CT molecular complexity index is 351. The third-order valence-corrected chi connectivity index (χ3v) is 3.16. The quantitative estimate of drug-likeness (QED) is 0.767. The van der Waals surface area contributed by atoms with Gasteiger partial charge in [-0.2, -0.15) is 5.10 Å². The zero-order valence-electron chi connectivity index (χ0n) is 9.92. The van der Waals surface area contributed by atoms with Crippen molar-refractivity contribution in [3.63, 3.8) is 0 Å². The highest BCUT2D eigenvalue weighted by molar-refractivity contribution is 9.09. The molecule has 1 rings (SSSR count). The van der Waals surface area contributed by atoms with Crippen LogP contribution < -0.4 is 0 Å². The lowest BCUT2D eigenvalue weighted by Gasteiger charge is -2.07. The van der Waals surface area contributed by atoms with E-state index in [2.05, 4.69) is 54.1 Å². The van der Waals surface area contributed by atoms with Gasteiger partial charge in [0, 0.05) is 24.1 Å². The van der Waals surface area contributed by atoms with E-state index in [1.165, 1.54) is 16.8 Å². The Morgan fingerprint density at radius 2 is 2.27 bits per heavy atom. The molecule has 0 fully saturated rings. The molecule has 1 aromatic heterocycles. The van der Waals surface area contributed by atoms with Crippen LogP contribution >= 0.6 is 15.9 Å². The van der Waals surface area contributed by atoms with Gasteiger partial charge in [0.05, 0.1) is 5.69 Å². The molecule has 0 spiro atoms. The molecule has 84 valence electrons. The van der Waals surface area contributed by atoms with E-state index in [0.717, 1.165) is 11.8 Å². The minimum absolute atomic E-state index is 0.578. The molecule has 0 saturated carbocycles. The monoisotopic (exact) mass is 270 g/mol. The first-order valence-electron chi connectivity index (χ1n) is 5.37. The number of aromatic nitrogens is 2. The van der Waals surface area contributed by atoms with Crippen LogP contribution in [0.25, 0.3) is 6.08 Å². The standard InChI is InChI=1S/C12H19BrN2/c1-5-12-11(8-15(4)14-12)6-10(7-13)9(2)3/h6,8-9H,5,7H2,1-4H3/b10-6-. The highest BCUT2D eigenvalue weighted by Gasteiger charge is 2.06. The van der Waals surface area contributed by atoms with Crippen LogP contribution in [0.3, 0.4) is 0 Å². The zero-order valence-corrected chi connectivity index (χ0v) is 11.5. The van der Waals surface area contributed by atoms with Crippen LogP contribution in [-0.4, -0.2) is 15.1 Å². The third kappa shape index (κ3) is 3.20. The van der Waals surface area contributed by atoms with Crippen LogP contribution in [0.1, 0.15) is 32.0 Å². The molecule has 1 aromatic rings. The topological polar surface area (TPSA) is 17.8 Å². The molecule has 0 saturated heterocycles. The first kappa shape index (κ1) is 12.5. The van der Waals surface area contributed by atoms with Gasteiger partial charge in [-0.25, -0.2) is 0 Å². The van der Waals surface area contributed by atoms with Crippen LogP contribution in [0.2, 0.25) is 0 Å². The largest absolute Gasteiger partial charge is 0.275 e. The van der Waals surface area contributed by atoms with E-state index in [-0.39, 0.29) is 0 Å². The Labute approximate surface area is 101 Å². The number of alkyl halides is 1. The van der Waals surface area contributed by atoms with E-state index in [4.69, 9.17) is 0 Å². The van der Waals surface area contributed by atoms with E-state index in [1.807, 2.05) is 11.7 Å². The fraction of sp³-hybridized carbons (Fsp3) is 0.583. The number of rotatable bonds is 4. The number of allylic oxidation sites excluding steroid dienone is 1. The molecule has 2 nitrogen and oxygen atoms in total. The zero-order chi connectivity index (χ0) is 11.4. The summed E-state index contributed by atoms with van der Waals surface area (Å²) in [6.45, 7) is 6.58. The predicted octanol–water partition coefficient (Wildman–Crippen LogP) is 3.42. The molecule has 15 heavy (non-hydrogen) atoms. The summed E-state index contributed by atoms with van der Waals surface area (Å²) >= 11 is 3.53. The lowest BCUT2D eigenvalue weighted by Crippen LogP contribution is -1.95. The first-order chi connectivity index (χ1) is 7.08. The van der Waals surface area contributed by atoms with Crippen molar-refractivity contribution < 1.29 is 0 Å². The Morgan fingerprint density at radius 1 is 1.60 bits per heavy atom. The second-order valence-electron chi connectivity index (χ2n) is 4.07. The van der Waals surface area contributed by atoms with Gasteiger partial charge in [-0.1, -0.05) is 48.4 Å². The molecule has 0 N–H and O–H groups in total. The maximum atomic E-state index is 4.43. The van der Waals surface area contributed by atoms with Crippen molar-refractivity contribution in [1.82, 2.24) is 9.78 Å². The summed E-state index contributed by atoms with van der Waals surface area (Å²) < 4.78 is 1.89. The van der Waals surface area contributed by atoms with Crippen molar-refractivity contribution in [2.75, 3.05) is 5.33 Å². The van der Waals surface area contributed by atoms with Gasteiger partial charge in [-0.15, -0.1) is 0 Å². The number of nitrogens with zero attached hydrogens (tertiary/aromatic N) is 2. The molecule has 0 bridgehead atoms. The van der Waals surface area contributed by atoms with Crippen LogP contribution in [-0.2, 0) is 13.5 Å². The molecular weight excluding hydrogens is 252 g/mol. The van der Waals surface area contributed by atoms with Gasteiger partial charge in [-0.3, -0.25) is 4.68 Å². The molecule has 0 aliphatic heterocycles. The molecular formula is C12H19BrN2. The Kier molecular flexibility index (Phi) is 4.58. The summed E-state index contributed by atoms with van der Waals surface area (Å²) in [5.74, 6) is 0.578. The molecule has 0 aliphatic carbocycles. The summed E-state index contributed by atoms with van der Waals surface area (Å²) in [5.41, 5.74) is 3.84. The highest BCUT2D eigenvalue weighted by atomic mass is 79.9. The van der Waals surface area contributed by atoms with Gasteiger partial charge >= 0.3 is 0 Å². The molecule has 0 amide bonds. The Balaban J connectivity index is 3.04. The summed E-state index contributed by atoms with van der Waals surface area (Å²) in [6, 6.07) is 0. The van der Waals surface area contributed by atoms with E-state index < -0.39 is 0 Å². The number of aryl methyl sites for hydroxylation is 2. The van der Waals surface area contributed by atoms with Crippen molar-refractivity contribution in [3.8, 4) is 0 Å². The number of hydrogen-bond acceptors (Lipinski definition) is 1. The lowest BCUT2D eigenvalue weighted by molar-refractivity contribution is 0.746. The van der Waals surface area contributed by atoms with E-state index in [1.54, 1.807) is 0 Å². The second-order valence-corrected chi connectivity index (χ2v) is 4.63. The Morgan fingerprint density at radius 3 is 2.73 bits per heavy atom. The van der Waals surface area contributed by atoms with Gasteiger partial charge in [0.2, 0.25) is 0 Å². The van der Waals surface area contributed by atoms with Crippen LogP contribution in [0.5, 0.6) is 0 Å². The molecule has 0 atom stereocenters. The fourth-order valence-electron chi connectivity index (χ4n) is 1.51. The van der Waals surface area contributed by atoms with Gasteiger partial charge in [0.25, 0.3) is 0 Å². The average Bonchev–Trinajstić information content (AvgIpc) is 2.54.